The van der Waals surface area contributed by atoms with E-state index in [2.05, 4.69) is 10.6 Å². The van der Waals surface area contributed by atoms with Gasteiger partial charge in [-0.1, -0.05) is 0 Å². The molecule has 0 atom stereocenters. The fourth-order valence-electron chi connectivity index (χ4n) is 0.858. The fraction of sp³-hybridized carbons (Fsp3) is 0.800. The Balaban J connectivity index is 3.95. The molecule has 0 aromatic carbocycles. The molecule has 0 rings (SSSR count). The molecule has 0 bridgehead atoms. The van der Waals surface area contributed by atoms with E-state index in [0.717, 1.165) is 0 Å². The van der Waals surface area contributed by atoms with E-state index in [0.29, 0.717) is 0 Å². The standard InChI is InChI=1S/C10H21N3O2/c1-10(2,3)12-6-9(15)13(5)7-8(14)11-4/h12H,6-7H2,1-5H3,(H,11,14). The van der Waals surface area contributed by atoms with Crippen LogP contribution in [-0.4, -0.2) is 49.4 Å². The third-order valence-corrected chi connectivity index (χ3v) is 1.86. The van der Waals surface area contributed by atoms with Crippen LogP contribution in [-0.2, 0) is 9.59 Å². The predicted molar refractivity (Wildman–Crippen MR) is 59.5 cm³/mol. The lowest BCUT2D eigenvalue weighted by molar-refractivity contribution is -0.134. The number of carbonyl (C=O) groups is 2. The third-order valence-electron chi connectivity index (χ3n) is 1.86. The van der Waals surface area contributed by atoms with E-state index < -0.39 is 0 Å². The number of amides is 2. The number of nitrogens with one attached hydrogen (secondary N) is 2. The van der Waals surface area contributed by atoms with Crippen molar-refractivity contribution in [1.29, 1.82) is 0 Å². The summed E-state index contributed by atoms with van der Waals surface area (Å²) in [7, 11) is 3.16. The largest absolute Gasteiger partial charge is 0.358 e. The molecule has 0 saturated carbocycles. The first-order chi connectivity index (χ1) is 6.76. The highest BCUT2D eigenvalue weighted by Crippen LogP contribution is 1.97. The lowest BCUT2D eigenvalue weighted by atomic mass is 10.1. The first kappa shape index (κ1) is 13.9. The van der Waals surface area contributed by atoms with Crippen LogP contribution < -0.4 is 10.6 Å². The van der Waals surface area contributed by atoms with Crippen LogP contribution in [0.3, 0.4) is 0 Å². The average Bonchev–Trinajstić information content (AvgIpc) is 2.12. The van der Waals surface area contributed by atoms with Crippen LogP contribution in [0.4, 0.5) is 0 Å². The zero-order valence-corrected chi connectivity index (χ0v) is 10.2. The Morgan fingerprint density at radius 2 is 1.80 bits per heavy atom. The number of nitrogens with zero attached hydrogens (tertiary/aromatic N) is 1. The summed E-state index contributed by atoms with van der Waals surface area (Å²) in [6, 6.07) is 0. The highest BCUT2D eigenvalue weighted by atomic mass is 16.2. The molecular formula is C10H21N3O2. The van der Waals surface area contributed by atoms with Crippen molar-refractivity contribution in [3.05, 3.63) is 0 Å². The van der Waals surface area contributed by atoms with Gasteiger partial charge in [0.25, 0.3) is 0 Å². The van der Waals surface area contributed by atoms with Gasteiger partial charge in [0, 0.05) is 19.6 Å². The van der Waals surface area contributed by atoms with Crippen molar-refractivity contribution in [2.24, 2.45) is 0 Å². The van der Waals surface area contributed by atoms with Crippen molar-refractivity contribution in [1.82, 2.24) is 15.5 Å². The maximum absolute atomic E-state index is 11.5. The Morgan fingerprint density at radius 3 is 2.20 bits per heavy atom. The van der Waals surface area contributed by atoms with Gasteiger partial charge >= 0.3 is 0 Å². The molecule has 0 radical (unpaired) electrons. The number of hydrogen-bond acceptors (Lipinski definition) is 3. The highest BCUT2D eigenvalue weighted by Gasteiger charge is 2.15. The molecule has 0 fully saturated rings. The monoisotopic (exact) mass is 215 g/mol. The molecule has 0 spiro atoms. The van der Waals surface area contributed by atoms with Crippen molar-refractivity contribution < 1.29 is 9.59 Å². The molecule has 0 saturated heterocycles. The Hall–Kier alpha value is -1.10. The molecule has 0 aliphatic carbocycles. The Labute approximate surface area is 91.2 Å². The Kier molecular flexibility index (Phi) is 5.28. The Bertz CT molecular complexity index is 233. The molecule has 0 aromatic heterocycles. The zero-order chi connectivity index (χ0) is 12.1. The van der Waals surface area contributed by atoms with Gasteiger partial charge in [-0.25, -0.2) is 0 Å². The minimum atomic E-state index is -0.165. The molecule has 0 aliphatic rings. The van der Waals surface area contributed by atoms with E-state index in [1.165, 1.54) is 4.90 Å². The maximum Gasteiger partial charge on any atom is 0.239 e. The van der Waals surface area contributed by atoms with Gasteiger partial charge in [-0.15, -0.1) is 0 Å². The lowest BCUT2D eigenvalue weighted by Crippen LogP contribution is -2.45. The Morgan fingerprint density at radius 1 is 1.27 bits per heavy atom. The normalized spacial score (nSPS) is 11.0. The van der Waals surface area contributed by atoms with Crippen LogP contribution in [0.1, 0.15) is 20.8 Å². The van der Waals surface area contributed by atoms with Gasteiger partial charge in [0.1, 0.15) is 0 Å². The molecule has 15 heavy (non-hydrogen) atoms. The van der Waals surface area contributed by atoms with Gasteiger partial charge in [0.05, 0.1) is 13.1 Å². The second-order valence-electron chi connectivity index (χ2n) is 4.53. The first-order valence-electron chi connectivity index (χ1n) is 4.96. The van der Waals surface area contributed by atoms with E-state index in [1.807, 2.05) is 20.8 Å². The van der Waals surface area contributed by atoms with Crippen LogP contribution in [0, 0.1) is 0 Å². The van der Waals surface area contributed by atoms with E-state index >= 15 is 0 Å². The predicted octanol–water partition coefficient (Wildman–Crippen LogP) is -0.421. The summed E-state index contributed by atoms with van der Waals surface area (Å²) in [5.74, 6) is -0.255. The SMILES string of the molecule is CNC(=O)CN(C)C(=O)CNC(C)(C)C. The molecule has 0 unspecified atom stereocenters. The van der Waals surface area contributed by atoms with Gasteiger partial charge in [-0.2, -0.15) is 0 Å². The molecule has 5 heteroatoms. The van der Waals surface area contributed by atoms with E-state index in [4.69, 9.17) is 0 Å². The second-order valence-corrected chi connectivity index (χ2v) is 4.53. The lowest BCUT2D eigenvalue weighted by Gasteiger charge is -2.22. The molecule has 2 amide bonds. The summed E-state index contributed by atoms with van der Waals surface area (Å²) in [6.07, 6.45) is 0. The summed E-state index contributed by atoms with van der Waals surface area (Å²) >= 11 is 0. The quantitative estimate of drug-likeness (QED) is 0.669. The number of hydrogen-bond donors (Lipinski definition) is 2. The molecule has 5 nitrogen and oxygen atoms in total. The summed E-state index contributed by atoms with van der Waals surface area (Å²) in [6.45, 7) is 6.30. The molecule has 0 aromatic rings. The first-order valence-corrected chi connectivity index (χ1v) is 4.96. The smallest absolute Gasteiger partial charge is 0.239 e. The summed E-state index contributed by atoms with van der Waals surface area (Å²) in [5.41, 5.74) is -0.0937. The van der Waals surface area contributed by atoms with Crippen molar-refractivity contribution in [2.45, 2.75) is 26.3 Å². The summed E-state index contributed by atoms with van der Waals surface area (Å²) < 4.78 is 0. The van der Waals surface area contributed by atoms with Gasteiger partial charge in [-0.05, 0) is 20.8 Å². The maximum atomic E-state index is 11.5. The van der Waals surface area contributed by atoms with Crippen molar-refractivity contribution in [3.8, 4) is 0 Å². The third kappa shape index (κ3) is 6.90. The highest BCUT2D eigenvalue weighted by molar-refractivity contribution is 5.85. The number of likely N-dealkylation sites (N-methyl/N-ethyl adjacent to an activating group) is 2. The van der Waals surface area contributed by atoms with E-state index in [1.54, 1.807) is 14.1 Å². The van der Waals surface area contributed by atoms with Crippen LogP contribution in [0.2, 0.25) is 0 Å². The van der Waals surface area contributed by atoms with Crippen LogP contribution in [0.25, 0.3) is 0 Å². The number of carbonyl (C=O) groups excluding carboxylic acids is 2. The summed E-state index contributed by atoms with van der Waals surface area (Å²) in [4.78, 5) is 23.9. The van der Waals surface area contributed by atoms with Gasteiger partial charge < -0.3 is 15.5 Å². The molecular weight excluding hydrogens is 194 g/mol. The minimum Gasteiger partial charge on any atom is -0.358 e. The molecule has 0 heterocycles. The van der Waals surface area contributed by atoms with Crippen LogP contribution in [0.5, 0.6) is 0 Å². The zero-order valence-electron chi connectivity index (χ0n) is 10.2. The van der Waals surface area contributed by atoms with Gasteiger partial charge in [0.15, 0.2) is 0 Å². The average molecular weight is 215 g/mol. The van der Waals surface area contributed by atoms with Crippen molar-refractivity contribution in [3.63, 3.8) is 0 Å². The van der Waals surface area contributed by atoms with Gasteiger partial charge in [-0.3, -0.25) is 9.59 Å². The fourth-order valence-corrected chi connectivity index (χ4v) is 0.858. The summed E-state index contributed by atoms with van der Waals surface area (Å²) in [5, 5.41) is 5.54. The van der Waals surface area contributed by atoms with Crippen LogP contribution >= 0.6 is 0 Å². The van der Waals surface area contributed by atoms with E-state index in [-0.39, 0.29) is 30.4 Å². The minimum absolute atomic E-state index is 0.0893. The second kappa shape index (κ2) is 5.70. The topological polar surface area (TPSA) is 61.4 Å². The molecule has 88 valence electrons. The molecule has 2 N–H and O–H groups in total. The van der Waals surface area contributed by atoms with Crippen molar-refractivity contribution in [2.75, 3.05) is 27.2 Å². The number of rotatable bonds is 4. The van der Waals surface area contributed by atoms with Crippen LogP contribution in [0.15, 0.2) is 0 Å². The molecule has 0 aliphatic heterocycles. The van der Waals surface area contributed by atoms with Crippen molar-refractivity contribution >= 4 is 11.8 Å². The van der Waals surface area contributed by atoms with E-state index in [9.17, 15) is 9.59 Å². The van der Waals surface area contributed by atoms with Gasteiger partial charge in [0.2, 0.25) is 11.8 Å².